The van der Waals surface area contributed by atoms with Gasteiger partial charge in [-0.2, -0.15) is 0 Å². The van der Waals surface area contributed by atoms with Crippen LogP contribution in [0, 0.1) is 0 Å². The average Bonchev–Trinajstić information content (AvgIpc) is 2.03. The van der Waals surface area contributed by atoms with Crippen LogP contribution in [0.15, 0.2) is 11.1 Å². The normalized spacial score (nSPS) is 9.50. The van der Waals surface area contributed by atoms with Gasteiger partial charge in [0.2, 0.25) is 0 Å². The van der Waals surface area contributed by atoms with Crippen LogP contribution in [0.25, 0.3) is 0 Å². The zero-order valence-electron chi connectivity index (χ0n) is 7.23. The lowest BCUT2D eigenvalue weighted by atomic mass is 10.3. The van der Waals surface area contributed by atoms with Crippen LogP contribution in [0.4, 0.5) is 0 Å². The van der Waals surface area contributed by atoms with Gasteiger partial charge in [0.25, 0.3) is 0 Å². The van der Waals surface area contributed by atoms with E-state index in [1.165, 1.54) is 7.11 Å². The number of methoxy groups -OCH3 is 1. The van der Waals surface area contributed by atoms with E-state index in [0.29, 0.717) is 6.42 Å². The van der Waals surface area contributed by atoms with Gasteiger partial charge in [0.15, 0.2) is 0 Å². The van der Waals surface area contributed by atoms with Crippen molar-refractivity contribution in [3.8, 4) is 0 Å². The smallest absolute Gasteiger partial charge is 0.305 e. The minimum atomic E-state index is -0.158. The van der Waals surface area contributed by atoms with Crippen molar-refractivity contribution in [3.05, 3.63) is 11.1 Å². The molecular weight excluding hydrogens is 222 g/mol. The monoisotopic (exact) mass is 235 g/mol. The number of carbonyl (C=O) groups excluding carboxylic acids is 1. The first kappa shape index (κ1) is 11.6. The fourth-order valence-electron chi connectivity index (χ4n) is 0.684. The predicted molar refractivity (Wildman–Crippen MR) is 52.2 cm³/mol. The second-order valence-electron chi connectivity index (χ2n) is 2.37. The van der Waals surface area contributed by atoms with Crippen molar-refractivity contribution in [2.24, 2.45) is 0 Å². The summed E-state index contributed by atoms with van der Waals surface area (Å²) in [6.45, 7) is 5.21. The maximum atomic E-state index is 10.6. The summed E-state index contributed by atoms with van der Waals surface area (Å²) in [5.41, 5.74) is 0. The van der Waals surface area contributed by atoms with E-state index in [9.17, 15) is 4.79 Å². The standard InChI is InChI=1S/C8H14BrNO2/c1-7(9)6-10-5-3-4-8(11)12-2/h10H,1,3-6H2,2H3. The fourth-order valence-corrected chi connectivity index (χ4v) is 0.882. The number of rotatable bonds is 6. The average molecular weight is 236 g/mol. The number of carbonyl (C=O) groups is 1. The largest absolute Gasteiger partial charge is 0.469 e. The summed E-state index contributed by atoms with van der Waals surface area (Å²) in [7, 11) is 1.40. The number of halogens is 1. The Morgan fingerprint density at radius 2 is 2.33 bits per heavy atom. The molecule has 0 fully saturated rings. The van der Waals surface area contributed by atoms with E-state index in [1.54, 1.807) is 0 Å². The van der Waals surface area contributed by atoms with Crippen molar-refractivity contribution in [2.45, 2.75) is 12.8 Å². The molecule has 0 heterocycles. The highest BCUT2D eigenvalue weighted by molar-refractivity contribution is 9.11. The molecule has 70 valence electrons. The molecule has 0 aromatic rings. The Morgan fingerprint density at radius 3 is 2.83 bits per heavy atom. The van der Waals surface area contributed by atoms with Crippen LogP contribution in [0.3, 0.4) is 0 Å². The molecule has 0 aliphatic rings. The highest BCUT2D eigenvalue weighted by Gasteiger charge is 1.98. The Morgan fingerprint density at radius 1 is 1.67 bits per heavy atom. The minimum absolute atomic E-state index is 0.158. The molecule has 0 aromatic heterocycles. The molecule has 0 saturated carbocycles. The van der Waals surface area contributed by atoms with Crippen LogP contribution in [0.1, 0.15) is 12.8 Å². The van der Waals surface area contributed by atoms with Gasteiger partial charge in [-0.1, -0.05) is 22.5 Å². The van der Waals surface area contributed by atoms with Gasteiger partial charge in [-0.3, -0.25) is 4.79 Å². The van der Waals surface area contributed by atoms with Crippen molar-refractivity contribution >= 4 is 21.9 Å². The van der Waals surface area contributed by atoms with Gasteiger partial charge in [0.1, 0.15) is 0 Å². The van der Waals surface area contributed by atoms with E-state index in [-0.39, 0.29) is 5.97 Å². The molecule has 0 rings (SSSR count). The molecule has 3 nitrogen and oxygen atoms in total. The predicted octanol–water partition coefficient (Wildman–Crippen LogP) is 1.44. The van der Waals surface area contributed by atoms with Crippen molar-refractivity contribution < 1.29 is 9.53 Å². The lowest BCUT2D eigenvalue weighted by Crippen LogP contribution is -2.17. The highest BCUT2D eigenvalue weighted by Crippen LogP contribution is 1.97. The summed E-state index contributed by atoms with van der Waals surface area (Å²) in [4.78, 5) is 10.6. The molecule has 4 heteroatoms. The third kappa shape index (κ3) is 7.75. The Labute approximate surface area is 81.3 Å². The molecule has 0 atom stereocenters. The van der Waals surface area contributed by atoms with Crippen LogP contribution in [0.5, 0.6) is 0 Å². The lowest BCUT2D eigenvalue weighted by Gasteiger charge is -2.01. The number of hydrogen-bond donors (Lipinski definition) is 1. The molecule has 12 heavy (non-hydrogen) atoms. The topological polar surface area (TPSA) is 38.3 Å². The van der Waals surface area contributed by atoms with Crippen LogP contribution in [0.2, 0.25) is 0 Å². The van der Waals surface area contributed by atoms with E-state index < -0.39 is 0 Å². The first-order valence-corrected chi connectivity index (χ1v) is 4.57. The molecule has 0 unspecified atom stereocenters. The third-order valence-electron chi connectivity index (χ3n) is 1.28. The minimum Gasteiger partial charge on any atom is -0.469 e. The van der Waals surface area contributed by atoms with Gasteiger partial charge < -0.3 is 10.1 Å². The van der Waals surface area contributed by atoms with Gasteiger partial charge in [-0.05, 0) is 13.0 Å². The molecule has 0 bridgehead atoms. The van der Waals surface area contributed by atoms with E-state index >= 15 is 0 Å². The van der Waals surface area contributed by atoms with E-state index in [0.717, 1.165) is 24.0 Å². The fraction of sp³-hybridized carbons (Fsp3) is 0.625. The molecule has 0 aliphatic carbocycles. The van der Waals surface area contributed by atoms with Crippen LogP contribution in [-0.2, 0) is 9.53 Å². The van der Waals surface area contributed by atoms with Gasteiger partial charge in [0.05, 0.1) is 7.11 Å². The van der Waals surface area contributed by atoms with E-state index in [4.69, 9.17) is 0 Å². The van der Waals surface area contributed by atoms with Crippen LogP contribution in [-0.4, -0.2) is 26.2 Å². The molecule has 1 N–H and O–H groups in total. The summed E-state index contributed by atoms with van der Waals surface area (Å²) in [5, 5.41) is 3.11. The van der Waals surface area contributed by atoms with Crippen molar-refractivity contribution in [1.82, 2.24) is 5.32 Å². The Balaban J connectivity index is 3.11. The second-order valence-corrected chi connectivity index (χ2v) is 3.50. The van der Waals surface area contributed by atoms with Crippen LogP contribution >= 0.6 is 15.9 Å². The zero-order chi connectivity index (χ0) is 9.40. The van der Waals surface area contributed by atoms with E-state index in [1.807, 2.05) is 0 Å². The quantitative estimate of drug-likeness (QED) is 0.560. The number of esters is 1. The maximum absolute atomic E-state index is 10.6. The maximum Gasteiger partial charge on any atom is 0.305 e. The summed E-state index contributed by atoms with van der Waals surface area (Å²) in [5.74, 6) is -0.158. The first-order valence-electron chi connectivity index (χ1n) is 3.77. The highest BCUT2D eigenvalue weighted by atomic mass is 79.9. The van der Waals surface area contributed by atoms with Crippen LogP contribution < -0.4 is 5.32 Å². The Kier molecular flexibility index (Phi) is 7.09. The van der Waals surface area contributed by atoms with Gasteiger partial charge in [-0.15, -0.1) is 0 Å². The zero-order valence-corrected chi connectivity index (χ0v) is 8.82. The molecular formula is C8H14BrNO2. The molecule has 0 aliphatic heterocycles. The summed E-state index contributed by atoms with van der Waals surface area (Å²) in [6, 6.07) is 0. The van der Waals surface area contributed by atoms with Crippen molar-refractivity contribution in [2.75, 3.05) is 20.2 Å². The number of hydrogen-bond acceptors (Lipinski definition) is 3. The molecule has 0 spiro atoms. The van der Waals surface area contributed by atoms with Crippen molar-refractivity contribution in [1.29, 1.82) is 0 Å². The first-order chi connectivity index (χ1) is 5.66. The number of nitrogens with one attached hydrogen (secondary N) is 1. The van der Waals surface area contributed by atoms with Gasteiger partial charge in [0, 0.05) is 17.4 Å². The summed E-state index contributed by atoms with van der Waals surface area (Å²) in [6.07, 6.45) is 1.27. The molecule has 0 amide bonds. The second kappa shape index (κ2) is 7.31. The summed E-state index contributed by atoms with van der Waals surface area (Å²) >= 11 is 3.22. The third-order valence-corrected chi connectivity index (χ3v) is 1.56. The van der Waals surface area contributed by atoms with Gasteiger partial charge >= 0.3 is 5.97 Å². The molecule has 0 saturated heterocycles. The molecule has 0 aromatic carbocycles. The molecule has 0 radical (unpaired) electrons. The number of ether oxygens (including phenoxy) is 1. The van der Waals surface area contributed by atoms with Gasteiger partial charge in [-0.25, -0.2) is 0 Å². The van der Waals surface area contributed by atoms with E-state index in [2.05, 4.69) is 32.6 Å². The SMILES string of the molecule is C=C(Br)CNCCCC(=O)OC. The Bertz CT molecular complexity index is 159. The van der Waals surface area contributed by atoms with Crippen molar-refractivity contribution in [3.63, 3.8) is 0 Å². The Hall–Kier alpha value is -0.350. The summed E-state index contributed by atoms with van der Waals surface area (Å²) < 4.78 is 5.40. The lowest BCUT2D eigenvalue weighted by molar-refractivity contribution is -0.140.